The van der Waals surface area contributed by atoms with Crippen LogP contribution in [0, 0.1) is 6.92 Å². The first-order chi connectivity index (χ1) is 9.06. The average Bonchev–Trinajstić information content (AvgIpc) is 2.79. The molecule has 0 saturated carbocycles. The third-order valence-corrected chi connectivity index (χ3v) is 3.00. The maximum atomic E-state index is 11.5. The maximum Gasteiger partial charge on any atom is 0.337 e. The van der Waals surface area contributed by atoms with E-state index in [0.29, 0.717) is 27.5 Å². The maximum absolute atomic E-state index is 11.5. The van der Waals surface area contributed by atoms with Gasteiger partial charge in [0.05, 0.1) is 34.6 Å². The predicted octanol–water partition coefficient (Wildman–Crippen LogP) is 2.43. The second-order valence-corrected chi connectivity index (χ2v) is 4.30. The first-order valence-corrected chi connectivity index (χ1v) is 5.84. The minimum Gasteiger partial charge on any atom is -0.465 e. The van der Waals surface area contributed by atoms with Gasteiger partial charge in [-0.1, -0.05) is 11.6 Å². The Balaban J connectivity index is 2.54. The lowest BCUT2D eigenvalue weighted by Crippen LogP contribution is -2.04. The van der Waals surface area contributed by atoms with E-state index in [1.54, 1.807) is 31.3 Å². The third-order valence-electron chi connectivity index (χ3n) is 2.68. The largest absolute Gasteiger partial charge is 0.465 e. The summed E-state index contributed by atoms with van der Waals surface area (Å²) in [6, 6.07) is 4.71. The summed E-state index contributed by atoms with van der Waals surface area (Å²) >= 11 is 6.08. The van der Waals surface area contributed by atoms with Gasteiger partial charge in [0, 0.05) is 6.20 Å². The zero-order valence-corrected chi connectivity index (χ0v) is 11.1. The van der Waals surface area contributed by atoms with E-state index in [4.69, 9.17) is 11.6 Å². The smallest absolute Gasteiger partial charge is 0.337 e. The molecule has 0 aliphatic carbocycles. The van der Waals surface area contributed by atoms with Crippen LogP contribution < -0.4 is 0 Å². The van der Waals surface area contributed by atoms with Gasteiger partial charge in [0.2, 0.25) is 0 Å². The Labute approximate surface area is 114 Å². The van der Waals surface area contributed by atoms with E-state index in [0.717, 1.165) is 6.29 Å². The Kier molecular flexibility index (Phi) is 3.66. The van der Waals surface area contributed by atoms with Crippen LogP contribution in [0.25, 0.3) is 5.69 Å². The zero-order valence-electron chi connectivity index (χ0n) is 10.4. The topological polar surface area (TPSA) is 61.2 Å². The molecule has 1 aromatic carbocycles. The van der Waals surface area contributed by atoms with Gasteiger partial charge in [-0.3, -0.25) is 4.79 Å². The minimum absolute atomic E-state index is 0.364. The first kappa shape index (κ1) is 13.3. The van der Waals surface area contributed by atoms with E-state index in [9.17, 15) is 9.59 Å². The van der Waals surface area contributed by atoms with Gasteiger partial charge in [0.15, 0.2) is 6.29 Å². The van der Waals surface area contributed by atoms with E-state index >= 15 is 0 Å². The van der Waals surface area contributed by atoms with Crippen molar-refractivity contribution in [3.8, 4) is 5.69 Å². The number of methoxy groups -OCH3 is 1. The average molecular weight is 279 g/mol. The van der Waals surface area contributed by atoms with Crippen LogP contribution in [0.5, 0.6) is 0 Å². The molecular weight excluding hydrogens is 268 g/mol. The molecule has 1 heterocycles. The van der Waals surface area contributed by atoms with Gasteiger partial charge in [0.25, 0.3) is 0 Å². The number of ether oxygens (including phenoxy) is 1. The van der Waals surface area contributed by atoms with Crippen molar-refractivity contribution in [2.24, 2.45) is 0 Å². The fourth-order valence-electron chi connectivity index (χ4n) is 1.65. The Hall–Kier alpha value is -2.14. The number of aryl methyl sites for hydroxylation is 1. The van der Waals surface area contributed by atoms with Crippen LogP contribution in [0.4, 0.5) is 0 Å². The molecule has 0 amide bonds. The molecule has 0 fully saturated rings. The molecule has 98 valence electrons. The summed E-state index contributed by atoms with van der Waals surface area (Å²) in [4.78, 5) is 22.3. The molecule has 0 saturated heterocycles. The van der Waals surface area contributed by atoms with Crippen LogP contribution >= 0.6 is 11.6 Å². The van der Waals surface area contributed by atoms with Crippen LogP contribution in [0.1, 0.15) is 26.4 Å². The number of nitrogens with zero attached hydrogens (tertiary/aromatic N) is 2. The van der Waals surface area contributed by atoms with Crippen molar-refractivity contribution in [2.75, 3.05) is 7.11 Å². The molecular formula is C13H11ClN2O3. The number of carbonyl (C=O) groups is 2. The van der Waals surface area contributed by atoms with Crippen molar-refractivity contribution in [2.45, 2.75) is 6.92 Å². The first-order valence-electron chi connectivity index (χ1n) is 5.46. The van der Waals surface area contributed by atoms with Crippen LogP contribution in [0.2, 0.25) is 5.02 Å². The lowest BCUT2D eigenvalue weighted by molar-refractivity contribution is 0.0600. The molecule has 0 radical (unpaired) electrons. The molecule has 19 heavy (non-hydrogen) atoms. The zero-order chi connectivity index (χ0) is 14.0. The van der Waals surface area contributed by atoms with Crippen LogP contribution in [0.15, 0.2) is 24.4 Å². The van der Waals surface area contributed by atoms with Crippen LogP contribution in [0.3, 0.4) is 0 Å². The van der Waals surface area contributed by atoms with E-state index in [1.165, 1.54) is 11.8 Å². The van der Waals surface area contributed by atoms with Gasteiger partial charge >= 0.3 is 5.97 Å². The Morgan fingerprint density at radius 2 is 2.21 bits per heavy atom. The highest BCUT2D eigenvalue weighted by molar-refractivity contribution is 6.32. The number of aldehydes is 1. The fourth-order valence-corrected chi connectivity index (χ4v) is 1.85. The van der Waals surface area contributed by atoms with Crippen molar-refractivity contribution >= 4 is 23.9 Å². The number of benzene rings is 1. The highest BCUT2D eigenvalue weighted by Crippen LogP contribution is 2.22. The number of carbonyl (C=O) groups excluding carboxylic acids is 2. The number of esters is 1. The molecule has 5 nitrogen and oxygen atoms in total. The summed E-state index contributed by atoms with van der Waals surface area (Å²) in [6.07, 6.45) is 2.28. The molecule has 1 aromatic heterocycles. The van der Waals surface area contributed by atoms with Gasteiger partial charge < -0.3 is 4.74 Å². The lowest BCUT2D eigenvalue weighted by atomic mass is 10.2. The van der Waals surface area contributed by atoms with E-state index < -0.39 is 5.97 Å². The van der Waals surface area contributed by atoms with E-state index in [2.05, 4.69) is 9.84 Å². The van der Waals surface area contributed by atoms with Crippen molar-refractivity contribution in [3.63, 3.8) is 0 Å². The Bertz CT molecular complexity index is 649. The number of rotatable bonds is 3. The number of aromatic nitrogens is 2. The lowest BCUT2D eigenvalue weighted by Gasteiger charge is -2.06. The summed E-state index contributed by atoms with van der Waals surface area (Å²) < 4.78 is 6.12. The second-order valence-electron chi connectivity index (χ2n) is 3.89. The van der Waals surface area contributed by atoms with E-state index in [-0.39, 0.29) is 0 Å². The number of hydrogen-bond acceptors (Lipinski definition) is 4. The van der Waals surface area contributed by atoms with Gasteiger partial charge in [-0.15, -0.1) is 0 Å². The van der Waals surface area contributed by atoms with Crippen molar-refractivity contribution in [1.29, 1.82) is 0 Å². The number of hydrogen-bond donors (Lipinski definition) is 0. The summed E-state index contributed by atoms with van der Waals surface area (Å²) in [5, 5.41) is 4.61. The van der Waals surface area contributed by atoms with Crippen LogP contribution in [-0.4, -0.2) is 29.1 Å². The van der Waals surface area contributed by atoms with Gasteiger partial charge in [0.1, 0.15) is 0 Å². The Morgan fingerprint density at radius 1 is 1.47 bits per heavy atom. The van der Waals surface area contributed by atoms with Gasteiger partial charge in [-0.2, -0.15) is 5.10 Å². The molecule has 2 aromatic rings. The molecule has 2 rings (SSSR count). The molecule has 0 bridgehead atoms. The van der Waals surface area contributed by atoms with Crippen LogP contribution in [-0.2, 0) is 4.74 Å². The summed E-state index contributed by atoms with van der Waals surface area (Å²) in [5.41, 5.74) is 1.94. The third kappa shape index (κ3) is 2.51. The molecule has 0 unspecified atom stereocenters. The fraction of sp³-hybridized carbons (Fsp3) is 0.154. The summed E-state index contributed by atoms with van der Waals surface area (Å²) in [5.74, 6) is -0.461. The van der Waals surface area contributed by atoms with Crippen molar-refractivity contribution in [3.05, 3.63) is 46.2 Å². The van der Waals surface area contributed by atoms with Crippen molar-refractivity contribution < 1.29 is 14.3 Å². The van der Waals surface area contributed by atoms with Gasteiger partial charge in [-0.05, 0) is 25.1 Å². The normalized spacial score (nSPS) is 10.3. The summed E-state index contributed by atoms with van der Waals surface area (Å²) in [7, 11) is 1.30. The second kappa shape index (κ2) is 5.24. The Morgan fingerprint density at radius 3 is 2.79 bits per heavy atom. The highest BCUT2D eigenvalue weighted by Gasteiger charge is 2.12. The monoisotopic (exact) mass is 278 g/mol. The van der Waals surface area contributed by atoms with Crippen molar-refractivity contribution in [1.82, 2.24) is 9.78 Å². The molecule has 0 N–H and O–H groups in total. The molecule has 0 spiro atoms. The highest BCUT2D eigenvalue weighted by atomic mass is 35.5. The minimum atomic E-state index is -0.461. The standard InChI is InChI=1S/C13H11ClN2O3/c1-8-10(7-17)6-16(15-8)12-5-9(13(18)19-2)3-4-11(12)14/h3-7H,1-2H3. The summed E-state index contributed by atoms with van der Waals surface area (Å²) in [6.45, 7) is 1.72. The van der Waals surface area contributed by atoms with Gasteiger partial charge in [-0.25, -0.2) is 9.48 Å². The molecule has 6 heteroatoms. The quantitative estimate of drug-likeness (QED) is 0.639. The van der Waals surface area contributed by atoms with E-state index in [1.807, 2.05) is 0 Å². The molecule has 0 aliphatic heterocycles. The predicted molar refractivity (Wildman–Crippen MR) is 70.0 cm³/mol. The number of halogens is 1. The SMILES string of the molecule is COC(=O)c1ccc(Cl)c(-n2cc(C=O)c(C)n2)c1. The molecule has 0 atom stereocenters. The molecule has 0 aliphatic rings.